The molecule has 0 saturated heterocycles. The van der Waals surface area contributed by atoms with Crippen molar-refractivity contribution in [2.24, 2.45) is 7.05 Å². The van der Waals surface area contributed by atoms with Crippen molar-refractivity contribution in [3.63, 3.8) is 0 Å². The number of hydrogen-bond acceptors (Lipinski definition) is 3. The number of hydrogen-bond donors (Lipinski definition) is 0. The number of rotatable bonds is 3. The molecule has 4 nitrogen and oxygen atoms in total. The highest BCUT2D eigenvalue weighted by molar-refractivity contribution is 9.11. The molecule has 0 amide bonds. The highest BCUT2D eigenvalue weighted by atomic mass is 79.9. The van der Waals surface area contributed by atoms with Crippen LogP contribution in [0, 0.1) is 6.92 Å². The Morgan fingerprint density at radius 2 is 2.16 bits per heavy atom. The molecule has 0 N–H and O–H groups in total. The number of pyridine rings is 1. The van der Waals surface area contributed by atoms with Crippen LogP contribution in [0.2, 0.25) is 5.15 Å². The van der Waals surface area contributed by atoms with Gasteiger partial charge in [-0.2, -0.15) is 5.10 Å². The van der Waals surface area contributed by atoms with Crippen LogP contribution in [-0.2, 0) is 13.5 Å². The largest absolute Gasteiger partial charge is 0.292 e. The molecule has 2 aromatic heterocycles. The van der Waals surface area contributed by atoms with Gasteiger partial charge in [-0.05, 0) is 44.8 Å². The minimum Gasteiger partial charge on any atom is -0.292 e. The van der Waals surface area contributed by atoms with E-state index >= 15 is 0 Å². The highest BCUT2D eigenvalue weighted by Gasteiger charge is 2.18. The van der Waals surface area contributed by atoms with E-state index in [9.17, 15) is 4.79 Å². The number of carbonyl (C=O) groups excluding carboxylic acids is 1. The number of aryl methyl sites for hydroxylation is 2. The topological polar surface area (TPSA) is 47.8 Å². The lowest BCUT2D eigenvalue weighted by Crippen LogP contribution is -2.07. The van der Waals surface area contributed by atoms with E-state index in [1.165, 1.54) is 0 Å². The zero-order chi connectivity index (χ0) is 14.2. The molecule has 0 unspecified atom stereocenters. The standard InChI is InChI=1S/C12H10Br2ClN3O/c1-6-8(12(15)18(2)17-6)4-10(19)11-9(14)3-7(13)5-16-11/h3,5H,4H2,1-2H3. The summed E-state index contributed by atoms with van der Waals surface area (Å²) in [6.45, 7) is 1.83. The van der Waals surface area contributed by atoms with Crippen molar-refractivity contribution < 1.29 is 4.79 Å². The Kier molecular flexibility index (Phi) is 4.43. The molecule has 2 aromatic rings. The molecule has 2 heterocycles. The normalized spacial score (nSPS) is 10.8. The van der Waals surface area contributed by atoms with Gasteiger partial charge in [0.2, 0.25) is 0 Å². The first-order chi connectivity index (χ1) is 8.90. The van der Waals surface area contributed by atoms with Gasteiger partial charge in [0, 0.05) is 34.2 Å². The molecule has 0 bridgehead atoms. The Labute approximate surface area is 132 Å². The molecule has 0 aliphatic carbocycles. The summed E-state index contributed by atoms with van der Waals surface area (Å²) in [5, 5.41) is 4.67. The summed E-state index contributed by atoms with van der Waals surface area (Å²) < 4.78 is 3.03. The van der Waals surface area contributed by atoms with Crippen molar-refractivity contribution in [1.29, 1.82) is 0 Å². The van der Waals surface area contributed by atoms with Crippen LogP contribution >= 0.6 is 43.5 Å². The summed E-state index contributed by atoms with van der Waals surface area (Å²) in [6.07, 6.45) is 1.78. The first-order valence-corrected chi connectivity index (χ1v) is 7.38. The maximum Gasteiger partial charge on any atom is 0.186 e. The Morgan fingerprint density at radius 1 is 1.47 bits per heavy atom. The van der Waals surface area contributed by atoms with E-state index in [-0.39, 0.29) is 12.2 Å². The Bertz CT molecular complexity index is 655. The Hall–Kier alpha value is -0.720. The maximum atomic E-state index is 12.3. The molecule has 2 rings (SSSR count). The molecular formula is C12H10Br2ClN3O. The van der Waals surface area contributed by atoms with Crippen LogP contribution in [-0.4, -0.2) is 20.5 Å². The molecule has 100 valence electrons. The number of Topliss-reactive ketones (excluding diaryl/α,β-unsaturated/α-hetero) is 1. The van der Waals surface area contributed by atoms with E-state index in [0.717, 1.165) is 15.7 Å². The molecule has 7 heteroatoms. The molecule has 0 fully saturated rings. The van der Waals surface area contributed by atoms with Crippen LogP contribution in [0.25, 0.3) is 0 Å². The molecule has 0 aliphatic rings. The predicted molar refractivity (Wildman–Crippen MR) is 80.6 cm³/mol. The highest BCUT2D eigenvalue weighted by Crippen LogP contribution is 2.24. The van der Waals surface area contributed by atoms with Crippen molar-refractivity contribution in [2.45, 2.75) is 13.3 Å². The van der Waals surface area contributed by atoms with Crippen molar-refractivity contribution in [3.8, 4) is 0 Å². The van der Waals surface area contributed by atoms with Crippen molar-refractivity contribution in [1.82, 2.24) is 14.8 Å². The third-order valence-corrected chi connectivity index (χ3v) is 4.19. The van der Waals surface area contributed by atoms with Crippen LogP contribution in [0.5, 0.6) is 0 Å². The van der Waals surface area contributed by atoms with E-state index in [0.29, 0.717) is 15.3 Å². The lowest BCUT2D eigenvalue weighted by atomic mass is 10.1. The van der Waals surface area contributed by atoms with E-state index < -0.39 is 0 Å². The number of halogens is 3. The first-order valence-electron chi connectivity index (χ1n) is 5.42. The van der Waals surface area contributed by atoms with Gasteiger partial charge in [-0.1, -0.05) is 11.6 Å². The zero-order valence-corrected chi connectivity index (χ0v) is 14.2. The second-order valence-electron chi connectivity index (χ2n) is 4.06. The van der Waals surface area contributed by atoms with Crippen molar-refractivity contribution in [2.75, 3.05) is 0 Å². The second kappa shape index (κ2) is 5.73. The average Bonchev–Trinajstić information content (AvgIpc) is 2.56. The molecule has 0 saturated carbocycles. The molecule has 0 aliphatic heterocycles. The molecule has 0 spiro atoms. The van der Waals surface area contributed by atoms with Crippen LogP contribution in [0.15, 0.2) is 21.2 Å². The Balaban J connectivity index is 2.31. The molecular weight excluding hydrogens is 397 g/mol. The molecule has 19 heavy (non-hydrogen) atoms. The number of nitrogens with zero attached hydrogens (tertiary/aromatic N) is 3. The smallest absolute Gasteiger partial charge is 0.186 e. The third kappa shape index (κ3) is 3.07. The summed E-state index contributed by atoms with van der Waals surface area (Å²) in [6, 6.07) is 1.79. The predicted octanol–water partition coefficient (Wildman–Crippen LogP) is 3.73. The fourth-order valence-electron chi connectivity index (χ4n) is 1.74. The van der Waals surface area contributed by atoms with Gasteiger partial charge in [0.15, 0.2) is 5.78 Å². The maximum absolute atomic E-state index is 12.3. The van der Waals surface area contributed by atoms with Crippen LogP contribution < -0.4 is 0 Å². The van der Waals surface area contributed by atoms with Gasteiger partial charge in [0.05, 0.1) is 5.69 Å². The lowest BCUT2D eigenvalue weighted by molar-refractivity contribution is 0.0987. The number of ketones is 1. The Morgan fingerprint density at radius 3 is 2.68 bits per heavy atom. The van der Waals surface area contributed by atoms with Gasteiger partial charge in [0.25, 0.3) is 0 Å². The quantitative estimate of drug-likeness (QED) is 0.729. The SMILES string of the molecule is Cc1nn(C)c(Cl)c1CC(=O)c1ncc(Br)cc1Br. The summed E-state index contributed by atoms with van der Waals surface area (Å²) in [5.41, 5.74) is 1.89. The minimum absolute atomic E-state index is 0.0997. The zero-order valence-electron chi connectivity index (χ0n) is 10.2. The minimum atomic E-state index is -0.0997. The number of carbonyl (C=O) groups is 1. The fraction of sp³-hybridized carbons (Fsp3) is 0.250. The summed E-state index contributed by atoms with van der Waals surface area (Å²) >= 11 is 12.8. The van der Waals surface area contributed by atoms with Gasteiger partial charge >= 0.3 is 0 Å². The van der Waals surface area contributed by atoms with Gasteiger partial charge in [-0.25, -0.2) is 0 Å². The number of aromatic nitrogens is 3. The average molecular weight is 407 g/mol. The first kappa shape index (κ1) is 14.7. The summed E-state index contributed by atoms with van der Waals surface area (Å²) in [7, 11) is 1.75. The van der Waals surface area contributed by atoms with Crippen molar-refractivity contribution in [3.05, 3.63) is 43.3 Å². The molecule has 0 atom stereocenters. The monoisotopic (exact) mass is 405 g/mol. The second-order valence-corrected chi connectivity index (χ2v) is 6.19. The van der Waals surface area contributed by atoms with Crippen LogP contribution in [0.3, 0.4) is 0 Å². The van der Waals surface area contributed by atoms with Crippen molar-refractivity contribution >= 4 is 49.2 Å². The molecule has 0 radical (unpaired) electrons. The van der Waals surface area contributed by atoms with E-state index in [4.69, 9.17) is 11.6 Å². The molecule has 0 aromatic carbocycles. The van der Waals surface area contributed by atoms with E-state index in [2.05, 4.69) is 41.9 Å². The summed E-state index contributed by atoms with van der Waals surface area (Å²) in [4.78, 5) is 16.4. The van der Waals surface area contributed by atoms with Gasteiger partial charge in [-0.3, -0.25) is 14.5 Å². The van der Waals surface area contributed by atoms with Gasteiger partial charge in [0.1, 0.15) is 10.8 Å². The fourth-order valence-corrected chi connectivity index (χ4v) is 3.19. The lowest BCUT2D eigenvalue weighted by Gasteiger charge is -2.03. The van der Waals surface area contributed by atoms with Crippen LogP contribution in [0.1, 0.15) is 21.7 Å². The van der Waals surface area contributed by atoms with Gasteiger partial charge in [-0.15, -0.1) is 0 Å². The third-order valence-electron chi connectivity index (χ3n) is 2.68. The van der Waals surface area contributed by atoms with E-state index in [1.54, 1.807) is 24.0 Å². The van der Waals surface area contributed by atoms with Gasteiger partial charge < -0.3 is 0 Å². The summed E-state index contributed by atoms with van der Waals surface area (Å²) in [5.74, 6) is -0.0997. The van der Waals surface area contributed by atoms with Crippen LogP contribution in [0.4, 0.5) is 0 Å². The van der Waals surface area contributed by atoms with E-state index in [1.807, 2.05) is 6.92 Å².